The molecule has 2 saturated carbocycles. The summed E-state index contributed by atoms with van der Waals surface area (Å²) < 4.78 is 5.22. The first kappa shape index (κ1) is 9.00. The minimum absolute atomic E-state index is 0.0830. The third kappa shape index (κ3) is 1.57. The normalized spacial score (nSPS) is 43.2. The van der Waals surface area contributed by atoms with Crippen LogP contribution in [0.5, 0.6) is 0 Å². The van der Waals surface area contributed by atoms with Crippen LogP contribution in [-0.4, -0.2) is 23.3 Å². The summed E-state index contributed by atoms with van der Waals surface area (Å²) in [7, 11) is 0. The predicted octanol–water partition coefficient (Wildman–Crippen LogP) is 1.10. The van der Waals surface area contributed by atoms with E-state index in [1.54, 1.807) is 0 Å². The fraction of sp³-hybridized carbons (Fsp3) is 0.900. The molecule has 0 radical (unpaired) electrons. The molecule has 1 N–H and O–H groups in total. The van der Waals surface area contributed by atoms with Gasteiger partial charge < -0.3 is 9.84 Å². The van der Waals surface area contributed by atoms with Crippen LogP contribution in [0.15, 0.2) is 0 Å². The summed E-state index contributed by atoms with van der Waals surface area (Å²) in [6.07, 6.45) is 3.79. The highest BCUT2D eigenvalue weighted by molar-refractivity contribution is 5.66. The Kier molecular flexibility index (Phi) is 2.28. The highest BCUT2D eigenvalue weighted by Gasteiger charge is 2.45. The van der Waals surface area contributed by atoms with Gasteiger partial charge in [-0.05, 0) is 31.6 Å². The Labute approximate surface area is 78.1 Å². The molecule has 0 spiro atoms. The lowest BCUT2D eigenvalue weighted by molar-refractivity contribution is -0.148. The average molecular weight is 184 g/mol. The molecule has 2 aliphatic rings. The highest BCUT2D eigenvalue weighted by Crippen LogP contribution is 2.45. The van der Waals surface area contributed by atoms with E-state index in [4.69, 9.17) is 4.74 Å². The molecule has 0 heterocycles. The van der Waals surface area contributed by atoms with Crippen LogP contribution in [0.4, 0.5) is 0 Å². The van der Waals surface area contributed by atoms with Gasteiger partial charge in [-0.15, -0.1) is 0 Å². The molecule has 0 bridgehead atoms. The SMILES string of the molecule is CC(=O)O[C@@H]1CCC2C(O)CCC21. The molecule has 2 fully saturated rings. The second kappa shape index (κ2) is 3.29. The molecule has 0 aliphatic heterocycles. The van der Waals surface area contributed by atoms with Gasteiger partial charge in [0.1, 0.15) is 6.10 Å². The smallest absolute Gasteiger partial charge is 0.302 e. The number of ether oxygens (including phenoxy) is 1. The largest absolute Gasteiger partial charge is 0.462 e. The monoisotopic (exact) mass is 184 g/mol. The molecule has 74 valence electrons. The first-order valence-electron chi connectivity index (χ1n) is 5.04. The average Bonchev–Trinajstić information content (AvgIpc) is 2.56. The van der Waals surface area contributed by atoms with Crippen molar-refractivity contribution in [2.24, 2.45) is 11.8 Å². The Morgan fingerprint density at radius 1 is 1.23 bits per heavy atom. The fourth-order valence-electron chi connectivity index (χ4n) is 2.88. The Hall–Kier alpha value is -0.570. The van der Waals surface area contributed by atoms with E-state index in [0.717, 1.165) is 25.7 Å². The number of esters is 1. The molecule has 0 amide bonds. The summed E-state index contributed by atoms with van der Waals surface area (Å²) in [6, 6.07) is 0. The van der Waals surface area contributed by atoms with Crippen molar-refractivity contribution in [2.75, 3.05) is 0 Å². The van der Waals surface area contributed by atoms with Crippen LogP contribution in [0, 0.1) is 11.8 Å². The summed E-state index contributed by atoms with van der Waals surface area (Å²) in [4.78, 5) is 10.8. The lowest BCUT2D eigenvalue weighted by Crippen LogP contribution is -2.23. The van der Waals surface area contributed by atoms with Crippen molar-refractivity contribution in [3.05, 3.63) is 0 Å². The lowest BCUT2D eigenvalue weighted by atomic mass is 9.98. The highest BCUT2D eigenvalue weighted by atomic mass is 16.5. The van der Waals surface area contributed by atoms with Gasteiger partial charge in [-0.1, -0.05) is 0 Å². The second-order valence-corrected chi connectivity index (χ2v) is 4.20. The third-order valence-electron chi connectivity index (χ3n) is 3.42. The number of rotatable bonds is 1. The van der Waals surface area contributed by atoms with E-state index in [2.05, 4.69) is 0 Å². The maximum atomic E-state index is 10.8. The van der Waals surface area contributed by atoms with Crippen molar-refractivity contribution in [3.63, 3.8) is 0 Å². The van der Waals surface area contributed by atoms with E-state index in [9.17, 15) is 9.90 Å². The Bertz CT molecular complexity index is 214. The van der Waals surface area contributed by atoms with Crippen LogP contribution in [0.3, 0.4) is 0 Å². The number of hydrogen-bond donors (Lipinski definition) is 1. The van der Waals surface area contributed by atoms with Crippen LogP contribution in [0.25, 0.3) is 0 Å². The van der Waals surface area contributed by atoms with E-state index >= 15 is 0 Å². The molecule has 0 aromatic heterocycles. The zero-order chi connectivity index (χ0) is 9.42. The van der Waals surface area contributed by atoms with Gasteiger partial charge in [-0.2, -0.15) is 0 Å². The first-order valence-corrected chi connectivity index (χ1v) is 5.04. The zero-order valence-electron chi connectivity index (χ0n) is 7.90. The Morgan fingerprint density at radius 3 is 2.62 bits per heavy atom. The molecule has 3 heteroatoms. The standard InChI is InChI=1S/C10H16O3/c1-6(11)13-10-5-3-7-8(10)2-4-9(7)12/h7-10,12H,2-5H2,1H3/t7?,8?,9?,10-/m1/s1. The van der Waals surface area contributed by atoms with E-state index in [1.165, 1.54) is 6.92 Å². The van der Waals surface area contributed by atoms with Gasteiger partial charge in [-0.3, -0.25) is 4.79 Å². The number of carbonyl (C=O) groups excluding carboxylic acids is 1. The second-order valence-electron chi connectivity index (χ2n) is 4.20. The van der Waals surface area contributed by atoms with E-state index < -0.39 is 0 Å². The lowest BCUT2D eigenvalue weighted by Gasteiger charge is -2.18. The van der Waals surface area contributed by atoms with Crippen LogP contribution in [-0.2, 0) is 9.53 Å². The molecule has 2 aliphatic carbocycles. The van der Waals surface area contributed by atoms with Gasteiger partial charge in [0.2, 0.25) is 0 Å². The third-order valence-corrected chi connectivity index (χ3v) is 3.42. The maximum Gasteiger partial charge on any atom is 0.302 e. The summed E-state index contributed by atoms with van der Waals surface area (Å²) in [5, 5.41) is 9.61. The van der Waals surface area contributed by atoms with Gasteiger partial charge in [0.15, 0.2) is 0 Å². The van der Waals surface area contributed by atoms with Crippen molar-refractivity contribution in [2.45, 2.75) is 44.8 Å². The van der Waals surface area contributed by atoms with Crippen molar-refractivity contribution < 1.29 is 14.6 Å². The Balaban J connectivity index is 1.98. The number of fused-ring (bicyclic) bond motifs is 1. The van der Waals surface area contributed by atoms with E-state index in [0.29, 0.717) is 11.8 Å². The van der Waals surface area contributed by atoms with Crippen LogP contribution < -0.4 is 0 Å². The summed E-state index contributed by atoms with van der Waals surface area (Å²) >= 11 is 0. The number of aliphatic hydroxyl groups is 1. The first-order chi connectivity index (χ1) is 6.18. The number of carbonyl (C=O) groups is 1. The molecular formula is C10H16O3. The molecule has 13 heavy (non-hydrogen) atoms. The zero-order valence-corrected chi connectivity index (χ0v) is 7.90. The van der Waals surface area contributed by atoms with E-state index in [1.807, 2.05) is 0 Å². The topological polar surface area (TPSA) is 46.5 Å². The van der Waals surface area contributed by atoms with Crippen molar-refractivity contribution >= 4 is 5.97 Å². The minimum atomic E-state index is -0.188. The molecule has 3 nitrogen and oxygen atoms in total. The Morgan fingerprint density at radius 2 is 1.92 bits per heavy atom. The molecule has 0 aromatic carbocycles. The molecule has 0 saturated heterocycles. The number of aliphatic hydroxyl groups excluding tert-OH is 1. The summed E-state index contributed by atoms with van der Waals surface area (Å²) in [6.45, 7) is 1.46. The quantitative estimate of drug-likeness (QED) is 0.621. The maximum absolute atomic E-state index is 10.8. The predicted molar refractivity (Wildman–Crippen MR) is 47.0 cm³/mol. The summed E-state index contributed by atoms with van der Waals surface area (Å²) in [5.41, 5.74) is 0. The van der Waals surface area contributed by atoms with Gasteiger partial charge in [0, 0.05) is 12.8 Å². The molecule has 4 atom stereocenters. The van der Waals surface area contributed by atoms with Crippen molar-refractivity contribution in [1.82, 2.24) is 0 Å². The molecular weight excluding hydrogens is 168 g/mol. The molecule has 0 aromatic rings. The van der Waals surface area contributed by atoms with Crippen molar-refractivity contribution in [1.29, 1.82) is 0 Å². The van der Waals surface area contributed by atoms with E-state index in [-0.39, 0.29) is 18.2 Å². The number of hydrogen-bond acceptors (Lipinski definition) is 3. The van der Waals surface area contributed by atoms with Crippen molar-refractivity contribution in [3.8, 4) is 0 Å². The van der Waals surface area contributed by atoms with Gasteiger partial charge in [0.05, 0.1) is 6.10 Å². The van der Waals surface area contributed by atoms with Gasteiger partial charge >= 0.3 is 5.97 Å². The van der Waals surface area contributed by atoms with Crippen LogP contribution in [0.2, 0.25) is 0 Å². The molecule has 3 unspecified atom stereocenters. The van der Waals surface area contributed by atoms with Crippen LogP contribution >= 0.6 is 0 Å². The fourth-order valence-corrected chi connectivity index (χ4v) is 2.88. The van der Waals surface area contributed by atoms with Gasteiger partial charge in [-0.25, -0.2) is 0 Å². The molecule has 2 rings (SSSR count). The van der Waals surface area contributed by atoms with Crippen LogP contribution in [0.1, 0.15) is 32.6 Å². The summed E-state index contributed by atoms with van der Waals surface area (Å²) in [5.74, 6) is 0.635. The van der Waals surface area contributed by atoms with Gasteiger partial charge in [0.25, 0.3) is 0 Å². The minimum Gasteiger partial charge on any atom is -0.462 e.